The normalized spacial score (nSPS) is 12.8. The van der Waals surface area contributed by atoms with Crippen molar-refractivity contribution < 1.29 is 8.42 Å². The molecule has 0 fully saturated rings. The third-order valence-corrected chi connectivity index (χ3v) is 7.38. The van der Waals surface area contributed by atoms with Gasteiger partial charge in [0.1, 0.15) is 0 Å². The third-order valence-electron chi connectivity index (χ3n) is 4.78. The zero-order valence-corrected chi connectivity index (χ0v) is 18.7. The fourth-order valence-electron chi connectivity index (χ4n) is 2.91. The molecule has 0 aliphatic heterocycles. The van der Waals surface area contributed by atoms with E-state index in [0.29, 0.717) is 25.6 Å². The minimum atomic E-state index is -3.17. The van der Waals surface area contributed by atoms with Crippen molar-refractivity contribution in [3.8, 4) is 0 Å². The van der Waals surface area contributed by atoms with E-state index in [0.717, 1.165) is 0 Å². The molecule has 0 amide bonds. The second-order valence-corrected chi connectivity index (χ2v) is 10.8. The summed E-state index contributed by atoms with van der Waals surface area (Å²) in [4.78, 5) is 4.75. The van der Waals surface area contributed by atoms with E-state index in [1.54, 1.807) is 20.8 Å². The van der Waals surface area contributed by atoms with Crippen molar-refractivity contribution >= 4 is 15.8 Å². The molecular formula is C23H33N3O2S. The smallest absolute Gasteiger partial charge is 0.191 e. The second-order valence-electron chi connectivity index (χ2n) is 7.95. The highest BCUT2D eigenvalue weighted by Crippen LogP contribution is 2.24. The Balaban J connectivity index is 2.13. The van der Waals surface area contributed by atoms with Crippen LogP contribution < -0.4 is 10.6 Å². The maximum atomic E-state index is 12.3. The summed E-state index contributed by atoms with van der Waals surface area (Å²) in [6.45, 7) is 8.78. The monoisotopic (exact) mass is 415 g/mol. The van der Waals surface area contributed by atoms with Crippen LogP contribution in [0, 0.1) is 0 Å². The van der Waals surface area contributed by atoms with Crippen molar-refractivity contribution in [2.45, 2.75) is 38.4 Å². The van der Waals surface area contributed by atoms with Crippen molar-refractivity contribution in [3.05, 3.63) is 71.8 Å². The molecule has 0 bridgehead atoms. The van der Waals surface area contributed by atoms with Crippen molar-refractivity contribution in [1.29, 1.82) is 0 Å². The Morgan fingerprint density at radius 3 is 1.90 bits per heavy atom. The molecule has 0 aromatic heterocycles. The summed E-state index contributed by atoms with van der Waals surface area (Å²) in [6, 6.07) is 20.6. The summed E-state index contributed by atoms with van der Waals surface area (Å²) in [6.07, 6.45) is 0. The first kappa shape index (κ1) is 22.9. The Bertz CT molecular complexity index is 834. The molecule has 2 aromatic rings. The van der Waals surface area contributed by atoms with E-state index in [4.69, 9.17) is 4.99 Å². The fraction of sp³-hybridized carbons (Fsp3) is 0.435. The van der Waals surface area contributed by atoms with Crippen LogP contribution in [0.4, 0.5) is 0 Å². The molecule has 2 rings (SSSR count). The average Bonchev–Trinajstić information content (AvgIpc) is 2.69. The van der Waals surface area contributed by atoms with Crippen LogP contribution in [-0.2, 0) is 9.84 Å². The summed E-state index contributed by atoms with van der Waals surface area (Å²) in [5.41, 5.74) is 2.40. The Hall–Kier alpha value is -2.34. The van der Waals surface area contributed by atoms with Gasteiger partial charge >= 0.3 is 0 Å². The van der Waals surface area contributed by atoms with Crippen LogP contribution in [0.25, 0.3) is 0 Å². The Morgan fingerprint density at radius 2 is 1.45 bits per heavy atom. The molecular weight excluding hydrogens is 382 g/mol. The molecule has 0 unspecified atom stereocenters. The van der Waals surface area contributed by atoms with Gasteiger partial charge in [0.15, 0.2) is 15.8 Å². The minimum Gasteiger partial charge on any atom is -0.357 e. The van der Waals surface area contributed by atoms with Gasteiger partial charge < -0.3 is 10.6 Å². The van der Waals surface area contributed by atoms with E-state index in [2.05, 4.69) is 34.9 Å². The van der Waals surface area contributed by atoms with Crippen LogP contribution in [-0.4, -0.2) is 44.5 Å². The summed E-state index contributed by atoms with van der Waals surface area (Å²) < 4.78 is 23.9. The summed E-state index contributed by atoms with van der Waals surface area (Å²) >= 11 is 0. The Labute approximate surface area is 175 Å². The van der Waals surface area contributed by atoms with E-state index in [9.17, 15) is 8.42 Å². The molecule has 0 heterocycles. The van der Waals surface area contributed by atoms with E-state index in [1.807, 2.05) is 43.3 Å². The van der Waals surface area contributed by atoms with E-state index < -0.39 is 14.6 Å². The molecule has 0 aliphatic rings. The molecule has 0 aliphatic carbocycles. The van der Waals surface area contributed by atoms with Crippen molar-refractivity contribution in [3.63, 3.8) is 0 Å². The largest absolute Gasteiger partial charge is 0.357 e. The number of sulfone groups is 1. The van der Waals surface area contributed by atoms with Gasteiger partial charge in [-0.05, 0) is 38.8 Å². The number of guanidine groups is 1. The van der Waals surface area contributed by atoms with E-state index in [-0.39, 0.29) is 11.7 Å². The summed E-state index contributed by atoms with van der Waals surface area (Å²) in [7, 11) is -3.17. The minimum absolute atomic E-state index is 0.0711. The lowest BCUT2D eigenvalue weighted by molar-refractivity contribution is 0.559. The third kappa shape index (κ3) is 6.89. The molecule has 0 spiro atoms. The Kier molecular flexibility index (Phi) is 8.26. The molecule has 0 saturated heterocycles. The number of rotatable bonds is 8. The number of benzene rings is 2. The van der Waals surface area contributed by atoms with Gasteiger partial charge in [-0.1, -0.05) is 60.7 Å². The molecule has 0 atom stereocenters. The first-order valence-corrected chi connectivity index (χ1v) is 11.7. The van der Waals surface area contributed by atoms with E-state index >= 15 is 0 Å². The molecule has 158 valence electrons. The molecule has 0 saturated carbocycles. The molecule has 2 aromatic carbocycles. The number of aliphatic imine (C=N–C) groups is 1. The van der Waals surface area contributed by atoms with Crippen LogP contribution in [0.15, 0.2) is 65.7 Å². The molecule has 2 N–H and O–H groups in total. The number of hydrogen-bond donors (Lipinski definition) is 2. The van der Waals surface area contributed by atoms with Crippen molar-refractivity contribution in [2.24, 2.45) is 4.99 Å². The maximum absolute atomic E-state index is 12.3. The van der Waals surface area contributed by atoms with Gasteiger partial charge in [-0.25, -0.2) is 8.42 Å². The van der Waals surface area contributed by atoms with Gasteiger partial charge in [0.2, 0.25) is 0 Å². The van der Waals surface area contributed by atoms with Gasteiger partial charge in [0.25, 0.3) is 0 Å². The number of hydrogen-bond acceptors (Lipinski definition) is 3. The predicted molar refractivity (Wildman–Crippen MR) is 122 cm³/mol. The molecule has 5 nitrogen and oxygen atoms in total. The lowest BCUT2D eigenvalue weighted by Crippen LogP contribution is -2.42. The highest BCUT2D eigenvalue weighted by molar-refractivity contribution is 7.92. The van der Waals surface area contributed by atoms with Crippen molar-refractivity contribution in [1.82, 2.24) is 10.6 Å². The first-order chi connectivity index (χ1) is 13.7. The molecule has 6 heteroatoms. The van der Waals surface area contributed by atoms with Gasteiger partial charge in [-0.3, -0.25) is 4.99 Å². The van der Waals surface area contributed by atoms with Crippen LogP contribution in [0.3, 0.4) is 0 Å². The maximum Gasteiger partial charge on any atom is 0.191 e. The fourth-order valence-corrected chi connectivity index (χ4v) is 3.89. The highest BCUT2D eigenvalue weighted by Gasteiger charge is 2.28. The summed E-state index contributed by atoms with van der Waals surface area (Å²) in [5.74, 6) is 0.835. The Morgan fingerprint density at radius 1 is 0.931 bits per heavy atom. The van der Waals surface area contributed by atoms with Gasteiger partial charge in [0, 0.05) is 19.0 Å². The lowest BCUT2D eigenvalue weighted by Gasteiger charge is -2.20. The topological polar surface area (TPSA) is 70.6 Å². The van der Waals surface area contributed by atoms with Crippen LogP contribution in [0.2, 0.25) is 0 Å². The lowest BCUT2D eigenvalue weighted by atomic mass is 9.91. The zero-order chi connectivity index (χ0) is 21.3. The number of nitrogens with zero attached hydrogens (tertiary/aromatic N) is 1. The first-order valence-electron chi connectivity index (χ1n) is 10.1. The predicted octanol–water partition coefficient (Wildman–Crippen LogP) is 3.59. The molecule has 0 radical (unpaired) electrons. The molecule has 29 heavy (non-hydrogen) atoms. The standard InChI is InChI=1S/C23H33N3O2S/c1-5-24-22(25-16-17-29(27,28)23(2,3)4)26-18-21(19-12-8-6-9-13-19)20-14-10-7-11-15-20/h6-15,21H,5,16-18H2,1-4H3,(H2,24,25,26). The average molecular weight is 416 g/mol. The van der Waals surface area contributed by atoms with Gasteiger partial charge in [-0.2, -0.15) is 0 Å². The SMILES string of the molecule is CCNC(=NCC(c1ccccc1)c1ccccc1)NCCS(=O)(=O)C(C)(C)C. The van der Waals surface area contributed by atoms with Crippen LogP contribution >= 0.6 is 0 Å². The van der Waals surface area contributed by atoms with E-state index in [1.165, 1.54) is 11.1 Å². The quantitative estimate of drug-likeness (QED) is 0.511. The number of nitrogens with one attached hydrogen (secondary N) is 2. The second kappa shape index (κ2) is 10.4. The van der Waals surface area contributed by atoms with Crippen molar-refractivity contribution in [2.75, 3.05) is 25.4 Å². The zero-order valence-electron chi connectivity index (χ0n) is 17.9. The highest BCUT2D eigenvalue weighted by atomic mass is 32.2. The van der Waals surface area contributed by atoms with Crippen LogP contribution in [0.5, 0.6) is 0 Å². The van der Waals surface area contributed by atoms with Gasteiger partial charge in [-0.15, -0.1) is 0 Å². The van der Waals surface area contributed by atoms with Crippen LogP contribution in [0.1, 0.15) is 44.7 Å². The summed E-state index contributed by atoms with van der Waals surface area (Å²) in [5, 5.41) is 6.38. The van der Waals surface area contributed by atoms with Gasteiger partial charge in [0.05, 0.1) is 17.0 Å².